The molecule has 7 nitrogen and oxygen atoms in total. The van der Waals surface area contributed by atoms with Gasteiger partial charge in [-0.1, -0.05) is 59.7 Å². The van der Waals surface area contributed by atoms with E-state index in [9.17, 15) is 15.2 Å². The zero-order chi connectivity index (χ0) is 25.8. The monoisotopic (exact) mass is 472 g/mol. The van der Waals surface area contributed by atoms with Gasteiger partial charge in [0.1, 0.15) is 5.75 Å². The van der Waals surface area contributed by atoms with E-state index in [-0.39, 0.29) is 16.5 Å². The molecule has 0 spiro atoms. The lowest BCUT2D eigenvalue weighted by molar-refractivity contribution is -0.384. The Morgan fingerprint density at radius 1 is 0.914 bits per heavy atom. The first-order valence-electron chi connectivity index (χ1n) is 11.4. The van der Waals surface area contributed by atoms with Gasteiger partial charge in [0.05, 0.1) is 16.8 Å². The third-order valence-corrected chi connectivity index (χ3v) is 5.48. The van der Waals surface area contributed by atoms with Crippen LogP contribution in [-0.2, 0) is 10.8 Å². The smallest absolute Gasteiger partial charge is 0.269 e. The third kappa shape index (κ3) is 6.53. The lowest BCUT2D eigenvalue weighted by Gasteiger charge is -2.28. The number of hydrogen-bond donors (Lipinski definition) is 2. The molecule has 3 rings (SSSR count). The van der Waals surface area contributed by atoms with Crippen LogP contribution in [0.1, 0.15) is 63.8 Å². The van der Waals surface area contributed by atoms with E-state index in [1.54, 1.807) is 18.3 Å². The maximum absolute atomic E-state index is 11.1. The van der Waals surface area contributed by atoms with E-state index in [0.29, 0.717) is 17.1 Å². The molecule has 0 radical (unpaired) electrons. The molecular weight excluding hydrogens is 440 g/mol. The highest BCUT2D eigenvalue weighted by molar-refractivity contribution is 6.01. The molecular formula is C28H32N4O3. The number of nitrogens with zero attached hydrogens (tertiary/aromatic N) is 3. The normalized spacial score (nSPS) is 12.7. The SMILES string of the molecule is CC(C)(C)c1cc(C(=Nc2ccccc2)N/N=C/c2ccc([N+](=O)[O-])cc2)cc(C(C)(C)C)c1O. The first kappa shape index (κ1) is 25.6. The molecule has 0 aliphatic rings. The van der Waals surface area contributed by atoms with Crippen molar-refractivity contribution >= 4 is 23.4 Å². The predicted octanol–water partition coefficient (Wildman–Crippen LogP) is 6.60. The van der Waals surface area contributed by atoms with Gasteiger partial charge in [0, 0.05) is 28.8 Å². The van der Waals surface area contributed by atoms with E-state index in [1.165, 1.54) is 12.1 Å². The molecule has 0 heterocycles. The average Bonchev–Trinajstić information content (AvgIpc) is 2.78. The number of amidine groups is 1. The van der Waals surface area contributed by atoms with E-state index < -0.39 is 4.92 Å². The van der Waals surface area contributed by atoms with Gasteiger partial charge in [0.15, 0.2) is 5.84 Å². The van der Waals surface area contributed by atoms with Crippen molar-refractivity contribution in [2.24, 2.45) is 10.1 Å². The summed E-state index contributed by atoms with van der Waals surface area (Å²) in [6.07, 6.45) is 1.58. The Bertz CT molecular complexity index is 1220. The highest BCUT2D eigenvalue weighted by Crippen LogP contribution is 2.40. The van der Waals surface area contributed by atoms with Crippen molar-refractivity contribution in [1.29, 1.82) is 0 Å². The Morgan fingerprint density at radius 2 is 1.46 bits per heavy atom. The summed E-state index contributed by atoms with van der Waals surface area (Å²) in [6.45, 7) is 12.4. The molecule has 182 valence electrons. The molecule has 0 aliphatic carbocycles. The second kappa shape index (κ2) is 10.1. The molecule has 0 saturated heterocycles. The zero-order valence-corrected chi connectivity index (χ0v) is 21.0. The van der Waals surface area contributed by atoms with Gasteiger partial charge in [-0.2, -0.15) is 5.10 Å². The van der Waals surface area contributed by atoms with Gasteiger partial charge in [0.2, 0.25) is 0 Å². The molecule has 0 saturated carbocycles. The minimum atomic E-state index is -0.436. The van der Waals surface area contributed by atoms with Crippen LogP contribution in [0.3, 0.4) is 0 Å². The number of nitrogens with one attached hydrogen (secondary N) is 1. The Hall–Kier alpha value is -4.00. The quantitative estimate of drug-likeness (QED) is 0.189. The van der Waals surface area contributed by atoms with Gasteiger partial charge < -0.3 is 5.11 Å². The Balaban J connectivity index is 2.08. The molecule has 35 heavy (non-hydrogen) atoms. The third-order valence-electron chi connectivity index (χ3n) is 5.48. The van der Waals surface area contributed by atoms with Gasteiger partial charge in [-0.25, -0.2) is 4.99 Å². The van der Waals surface area contributed by atoms with Crippen molar-refractivity contribution in [2.45, 2.75) is 52.4 Å². The number of nitro groups is 1. The number of benzene rings is 3. The van der Waals surface area contributed by atoms with Gasteiger partial charge in [-0.05, 0) is 52.8 Å². The topological polar surface area (TPSA) is 100 Å². The number of para-hydroxylation sites is 1. The van der Waals surface area contributed by atoms with Gasteiger partial charge in [0.25, 0.3) is 5.69 Å². The van der Waals surface area contributed by atoms with E-state index in [0.717, 1.165) is 22.4 Å². The highest BCUT2D eigenvalue weighted by atomic mass is 16.6. The van der Waals surface area contributed by atoms with Crippen molar-refractivity contribution in [3.63, 3.8) is 0 Å². The lowest BCUT2D eigenvalue weighted by atomic mass is 9.78. The number of aromatic hydroxyl groups is 1. The zero-order valence-electron chi connectivity index (χ0n) is 21.0. The summed E-state index contributed by atoms with van der Waals surface area (Å²) in [5, 5.41) is 26.4. The molecule has 0 bridgehead atoms. The molecule has 0 fully saturated rings. The van der Waals surface area contributed by atoms with Crippen LogP contribution in [0.25, 0.3) is 0 Å². The van der Waals surface area contributed by atoms with Crippen molar-refractivity contribution in [3.8, 4) is 5.75 Å². The fourth-order valence-electron chi connectivity index (χ4n) is 3.55. The highest BCUT2D eigenvalue weighted by Gasteiger charge is 2.27. The molecule has 0 unspecified atom stereocenters. The summed E-state index contributed by atoms with van der Waals surface area (Å²) in [7, 11) is 0. The van der Waals surface area contributed by atoms with E-state index in [4.69, 9.17) is 4.99 Å². The summed E-state index contributed by atoms with van der Waals surface area (Å²) in [5.74, 6) is 0.813. The van der Waals surface area contributed by atoms with E-state index in [2.05, 4.69) is 52.1 Å². The van der Waals surface area contributed by atoms with Gasteiger partial charge in [-0.15, -0.1) is 0 Å². The maximum atomic E-state index is 11.1. The largest absolute Gasteiger partial charge is 0.507 e. The van der Waals surface area contributed by atoms with Crippen LogP contribution >= 0.6 is 0 Å². The number of hydrazone groups is 1. The van der Waals surface area contributed by atoms with Crippen LogP contribution < -0.4 is 5.43 Å². The molecule has 3 aromatic carbocycles. The fraction of sp³-hybridized carbons (Fsp3) is 0.286. The first-order valence-corrected chi connectivity index (χ1v) is 11.4. The van der Waals surface area contributed by atoms with Crippen molar-refractivity contribution in [1.82, 2.24) is 5.43 Å². The van der Waals surface area contributed by atoms with Crippen molar-refractivity contribution in [2.75, 3.05) is 0 Å². The molecule has 2 N–H and O–H groups in total. The number of aliphatic imine (C=N–C) groups is 1. The fourth-order valence-corrected chi connectivity index (χ4v) is 3.55. The molecule has 0 atom stereocenters. The minimum Gasteiger partial charge on any atom is -0.507 e. The van der Waals surface area contributed by atoms with E-state index in [1.807, 2.05) is 42.5 Å². The second-order valence-electron chi connectivity index (χ2n) is 10.4. The van der Waals surface area contributed by atoms with E-state index >= 15 is 0 Å². The average molecular weight is 473 g/mol. The predicted molar refractivity (Wildman–Crippen MR) is 142 cm³/mol. The number of non-ortho nitro benzene ring substituents is 1. The summed E-state index contributed by atoms with van der Waals surface area (Å²) < 4.78 is 0. The molecule has 0 aromatic heterocycles. The number of nitro benzene ring substituents is 1. The maximum Gasteiger partial charge on any atom is 0.269 e. The lowest BCUT2D eigenvalue weighted by Crippen LogP contribution is -2.23. The number of phenols is 1. The summed E-state index contributed by atoms with van der Waals surface area (Å²) >= 11 is 0. The van der Waals surface area contributed by atoms with Crippen LogP contribution in [-0.4, -0.2) is 22.1 Å². The summed E-state index contributed by atoms with van der Waals surface area (Å²) in [5.41, 5.74) is 6.39. The summed E-state index contributed by atoms with van der Waals surface area (Å²) in [4.78, 5) is 15.2. The van der Waals surface area contributed by atoms with Gasteiger partial charge in [-0.3, -0.25) is 15.5 Å². The Kier molecular flexibility index (Phi) is 7.39. The van der Waals surface area contributed by atoms with Crippen LogP contribution in [0, 0.1) is 10.1 Å². The Labute approximate surface area is 206 Å². The Morgan fingerprint density at radius 3 is 1.94 bits per heavy atom. The number of hydrogen-bond acceptors (Lipinski definition) is 5. The van der Waals surface area contributed by atoms with Crippen LogP contribution in [0.15, 0.2) is 76.8 Å². The molecule has 3 aromatic rings. The number of rotatable bonds is 5. The second-order valence-corrected chi connectivity index (χ2v) is 10.4. The van der Waals surface area contributed by atoms with Crippen molar-refractivity contribution in [3.05, 3.63) is 99.1 Å². The number of phenolic OH excluding ortho intramolecular Hbond substituents is 1. The van der Waals surface area contributed by atoms with Crippen molar-refractivity contribution < 1.29 is 10.0 Å². The molecule has 0 amide bonds. The first-order chi connectivity index (χ1) is 16.4. The van der Waals surface area contributed by atoms with Crippen LogP contribution in [0.5, 0.6) is 5.75 Å². The van der Waals surface area contributed by atoms with Gasteiger partial charge >= 0.3 is 0 Å². The minimum absolute atomic E-state index is 0.0231. The molecule has 7 heteroatoms. The summed E-state index contributed by atoms with van der Waals surface area (Å²) in [6, 6.07) is 19.6. The molecule has 0 aliphatic heterocycles. The van der Waals surface area contributed by atoms with Crippen LogP contribution in [0.2, 0.25) is 0 Å². The van der Waals surface area contributed by atoms with Crippen LogP contribution in [0.4, 0.5) is 11.4 Å². The standard InChI is InChI=1S/C28H32N4O3/c1-27(2,3)23-16-20(17-24(25(23)33)28(4,5)6)26(30-21-10-8-7-9-11-21)31-29-18-19-12-14-22(15-13-19)32(34)35/h7-18,33H,1-6H3,(H,30,31)/b29-18+.